The summed E-state index contributed by atoms with van der Waals surface area (Å²) in [6.45, 7) is 0. The first kappa shape index (κ1) is 14.1. The summed E-state index contributed by atoms with van der Waals surface area (Å²) in [6, 6.07) is 2.19. The van der Waals surface area contributed by atoms with Crippen molar-refractivity contribution < 1.29 is 17.6 Å². The van der Waals surface area contributed by atoms with Gasteiger partial charge in [0, 0.05) is 11.8 Å². The van der Waals surface area contributed by atoms with Crippen molar-refractivity contribution in [1.82, 2.24) is 9.97 Å². The summed E-state index contributed by atoms with van der Waals surface area (Å²) < 4.78 is 52.3. The lowest BCUT2D eigenvalue weighted by atomic mass is 10.1. The van der Waals surface area contributed by atoms with Gasteiger partial charge in [0.1, 0.15) is 16.3 Å². The quantitative estimate of drug-likeness (QED) is 0.593. The van der Waals surface area contributed by atoms with Crippen molar-refractivity contribution in [3.8, 4) is 11.4 Å². The topological polar surface area (TPSA) is 28.7 Å². The average molecular weight is 353 g/mol. The highest BCUT2D eigenvalue weighted by molar-refractivity contribution is 9.10. The van der Waals surface area contributed by atoms with Gasteiger partial charge in [-0.25, -0.2) is 9.37 Å². The van der Waals surface area contributed by atoms with E-state index in [0.29, 0.717) is 10.5 Å². The maximum Gasteiger partial charge on any atom is 0.417 e. The zero-order valence-corrected chi connectivity index (χ0v) is 11.5. The highest BCUT2D eigenvalue weighted by Gasteiger charge is 2.34. The minimum atomic E-state index is -4.60. The number of aromatic nitrogens is 2. The first-order chi connectivity index (χ1) is 8.79. The molecule has 0 unspecified atom stereocenters. The zero-order chi connectivity index (χ0) is 14.2. The van der Waals surface area contributed by atoms with E-state index >= 15 is 0 Å². The third kappa shape index (κ3) is 3.01. The van der Waals surface area contributed by atoms with Crippen LogP contribution in [0.5, 0.6) is 0 Å². The fourth-order valence-corrected chi connectivity index (χ4v) is 1.83. The van der Waals surface area contributed by atoms with Crippen LogP contribution in [0.15, 0.2) is 28.9 Å². The number of aromatic amines is 1. The van der Waals surface area contributed by atoms with Crippen molar-refractivity contribution in [2.24, 2.45) is 0 Å². The van der Waals surface area contributed by atoms with Crippen LogP contribution in [-0.2, 0) is 6.18 Å². The van der Waals surface area contributed by atoms with Crippen LogP contribution in [-0.4, -0.2) is 9.97 Å². The molecule has 100 valence electrons. The lowest BCUT2D eigenvalue weighted by Crippen LogP contribution is -2.08. The van der Waals surface area contributed by atoms with E-state index < -0.39 is 17.6 Å². The van der Waals surface area contributed by atoms with Gasteiger partial charge in [-0.05, 0) is 34.1 Å². The van der Waals surface area contributed by atoms with E-state index in [2.05, 4.69) is 25.9 Å². The number of hydrogen-bond acceptors (Lipinski definition) is 2. The van der Waals surface area contributed by atoms with Crippen LogP contribution < -0.4 is 0 Å². The van der Waals surface area contributed by atoms with Gasteiger partial charge in [-0.15, -0.1) is 0 Å². The van der Waals surface area contributed by atoms with Gasteiger partial charge in [0.25, 0.3) is 0 Å². The van der Waals surface area contributed by atoms with E-state index in [-0.39, 0.29) is 16.0 Å². The highest BCUT2D eigenvalue weighted by atomic mass is 79.9. The van der Waals surface area contributed by atoms with Crippen molar-refractivity contribution in [2.45, 2.75) is 6.18 Å². The number of alkyl halides is 3. The second-order valence-electron chi connectivity index (χ2n) is 3.60. The molecule has 2 rings (SSSR count). The number of benzene rings is 1. The lowest BCUT2D eigenvalue weighted by Gasteiger charge is -2.12. The third-order valence-electron chi connectivity index (χ3n) is 2.30. The Labute approximate surface area is 118 Å². The summed E-state index contributed by atoms with van der Waals surface area (Å²) in [4.78, 5) is 6.31. The molecule has 0 radical (unpaired) electrons. The van der Waals surface area contributed by atoms with Crippen molar-refractivity contribution in [3.63, 3.8) is 0 Å². The van der Waals surface area contributed by atoms with E-state index in [0.717, 1.165) is 12.1 Å². The molecule has 1 aromatic heterocycles. The van der Waals surface area contributed by atoms with E-state index in [4.69, 9.17) is 12.2 Å². The maximum atomic E-state index is 13.2. The van der Waals surface area contributed by atoms with Gasteiger partial charge in [-0.1, -0.05) is 12.2 Å². The third-order valence-corrected chi connectivity index (χ3v) is 3.48. The molecule has 1 heterocycles. The first-order valence-electron chi connectivity index (χ1n) is 4.91. The molecule has 2 aromatic rings. The van der Waals surface area contributed by atoms with Crippen LogP contribution in [0.3, 0.4) is 0 Å². The molecule has 19 heavy (non-hydrogen) atoms. The normalized spacial score (nSPS) is 11.6. The van der Waals surface area contributed by atoms with E-state index in [1.54, 1.807) is 0 Å². The molecule has 1 aromatic carbocycles. The molecule has 0 aliphatic rings. The Morgan fingerprint density at radius 3 is 2.53 bits per heavy atom. The molecule has 0 aliphatic carbocycles. The number of nitrogens with one attached hydrogen (secondary N) is 1. The number of nitrogens with zero attached hydrogens (tertiary/aromatic N) is 1. The Hall–Kier alpha value is -1.28. The van der Waals surface area contributed by atoms with Crippen LogP contribution >= 0.6 is 28.1 Å². The average Bonchev–Trinajstić information content (AvgIpc) is 2.31. The Bertz CT molecular complexity index is 681. The van der Waals surface area contributed by atoms with Crippen LogP contribution in [0, 0.1) is 10.5 Å². The molecule has 2 nitrogen and oxygen atoms in total. The summed E-state index contributed by atoms with van der Waals surface area (Å²) in [7, 11) is 0. The number of rotatable bonds is 1. The monoisotopic (exact) mass is 352 g/mol. The van der Waals surface area contributed by atoms with Gasteiger partial charge in [0.2, 0.25) is 0 Å². The highest BCUT2D eigenvalue weighted by Crippen LogP contribution is 2.36. The van der Waals surface area contributed by atoms with Crippen LogP contribution in [0.2, 0.25) is 0 Å². The molecule has 8 heteroatoms. The molecule has 0 atom stereocenters. The first-order valence-corrected chi connectivity index (χ1v) is 6.11. The summed E-state index contributed by atoms with van der Waals surface area (Å²) in [5, 5.41) is 0. The van der Waals surface area contributed by atoms with Crippen molar-refractivity contribution in [1.29, 1.82) is 0 Å². The smallest absolute Gasteiger partial charge is 0.330 e. The van der Waals surface area contributed by atoms with Crippen molar-refractivity contribution in [2.75, 3.05) is 0 Å². The molecule has 0 bridgehead atoms. The number of halogens is 5. The standard InChI is InChI=1S/C11H5BrF4N2S/c12-8-4-17-9(18-10(8)19)6-3-5(13)1-2-7(6)11(14,15)16/h1-4H,(H,17,18,19). The van der Waals surface area contributed by atoms with Gasteiger partial charge in [0.15, 0.2) is 0 Å². The summed E-state index contributed by atoms with van der Waals surface area (Å²) in [6.07, 6.45) is -3.34. The second kappa shape index (κ2) is 5.01. The fourth-order valence-electron chi connectivity index (χ4n) is 1.48. The molecular formula is C11H5BrF4N2S. The number of H-pyrrole nitrogens is 1. The Morgan fingerprint density at radius 2 is 1.95 bits per heavy atom. The minimum Gasteiger partial charge on any atom is -0.330 e. The molecule has 0 spiro atoms. The Morgan fingerprint density at radius 1 is 1.26 bits per heavy atom. The zero-order valence-electron chi connectivity index (χ0n) is 9.05. The van der Waals surface area contributed by atoms with E-state index in [1.165, 1.54) is 6.20 Å². The number of hydrogen-bond donors (Lipinski definition) is 1. The molecule has 0 fully saturated rings. The van der Waals surface area contributed by atoms with E-state index in [1.807, 2.05) is 0 Å². The van der Waals surface area contributed by atoms with Gasteiger partial charge >= 0.3 is 6.18 Å². The van der Waals surface area contributed by atoms with Gasteiger partial charge in [-0.2, -0.15) is 13.2 Å². The van der Waals surface area contributed by atoms with Crippen molar-refractivity contribution >= 4 is 28.1 Å². The summed E-state index contributed by atoms with van der Waals surface area (Å²) >= 11 is 7.97. The largest absolute Gasteiger partial charge is 0.417 e. The Kier molecular flexibility index (Phi) is 3.73. The molecule has 0 aliphatic heterocycles. The van der Waals surface area contributed by atoms with Crippen LogP contribution in [0.4, 0.5) is 17.6 Å². The maximum absolute atomic E-state index is 13.2. The Balaban J connectivity index is 2.70. The van der Waals surface area contributed by atoms with Gasteiger partial charge in [-0.3, -0.25) is 0 Å². The SMILES string of the molecule is Fc1ccc(C(F)(F)F)c(-c2ncc(Br)c(=S)[nH]2)c1. The summed E-state index contributed by atoms with van der Waals surface area (Å²) in [5.74, 6) is -0.924. The minimum absolute atomic E-state index is 0.139. The molecule has 0 saturated carbocycles. The van der Waals surface area contributed by atoms with Gasteiger partial charge < -0.3 is 4.98 Å². The molecular weight excluding hydrogens is 348 g/mol. The molecule has 0 amide bonds. The molecule has 0 saturated heterocycles. The fraction of sp³-hybridized carbons (Fsp3) is 0.0909. The van der Waals surface area contributed by atoms with Crippen molar-refractivity contribution in [3.05, 3.63) is 44.9 Å². The van der Waals surface area contributed by atoms with E-state index in [9.17, 15) is 17.6 Å². The lowest BCUT2D eigenvalue weighted by molar-refractivity contribution is -0.137. The second-order valence-corrected chi connectivity index (χ2v) is 4.86. The molecule has 1 N–H and O–H groups in total. The predicted octanol–water partition coefficient (Wildman–Crippen LogP) is 4.73. The van der Waals surface area contributed by atoms with Crippen LogP contribution in [0.25, 0.3) is 11.4 Å². The van der Waals surface area contributed by atoms with Gasteiger partial charge in [0.05, 0.1) is 10.0 Å². The predicted molar refractivity (Wildman–Crippen MR) is 67.5 cm³/mol. The summed E-state index contributed by atoms with van der Waals surface area (Å²) in [5.41, 5.74) is -1.36. The van der Waals surface area contributed by atoms with Crippen LogP contribution in [0.1, 0.15) is 5.56 Å².